The monoisotopic (exact) mass is 344 g/mol. The van der Waals surface area contributed by atoms with Gasteiger partial charge in [0.2, 0.25) is 0 Å². The highest BCUT2D eigenvalue weighted by molar-refractivity contribution is 5.91. The van der Waals surface area contributed by atoms with Gasteiger partial charge in [0, 0.05) is 11.1 Å². The van der Waals surface area contributed by atoms with E-state index in [1.165, 1.54) is 19.5 Å². The van der Waals surface area contributed by atoms with Crippen LogP contribution in [0.4, 0.5) is 24.7 Å². The molecule has 2 aromatic carbocycles. The molecule has 0 amide bonds. The number of rotatable bonds is 3. The van der Waals surface area contributed by atoms with Gasteiger partial charge in [0.1, 0.15) is 17.9 Å². The van der Waals surface area contributed by atoms with E-state index in [-0.39, 0.29) is 11.3 Å². The van der Waals surface area contributed by atoms with Crippen LogP contribution < -0.4 is 10.1 Å². The number of benzene rings is 2. The molecule has 25 heavy (non-hydrogen) atoms. The van der Waals surface area contributed by atoms with E-state index in [1.54, 1.807) is 24.3 Å². The van der Waals surface area contributed by atoms with Gasteiger partial charge in [-0.15, -0.1) is 0 Å². The number of ether oxygens (including phenoxy) is 1. The van der Waals surface area contributed by atoms with Crippen molar-refractivity contribution < 1.29 is 17.9 Å². The summed E-state index contributed by atoms with van der Waals surface area (Å²) in [5, 5.41) is 12.4. The predicted octanol–water partition coefficient (Wildman–Crippen LogP) is 4.27. The lowest BCUT2D eigenvalue weighted by molar-refractivity contribution is -0.137. The largest absolute Gasteiger partial charge is 0.497 e. The van der Waals surface area contributed by atoms with Gasteiger partial charge in [0.15, 0.2) is 0 Å². The summed E-state index contributed by atoms with van der Waals surface area (Å²) in [5.41, 5.74) is -0.307. The van der Waals surface area contributed by atoms with Crippen LogP contribution in [0, 0.1) is 11.3 Å². The van der Waals surface area contributed by atoms with Gasteiger partial charge in [-0.1, -0.05) is 0 Å². The van der Waals surface area contributed by atoms with Crippen LogP contribution in [-0.2, 0) is 6.18 Å². The number of fused-ring (bicyclic) bond motifs is 1. The SMILES string of the molecule is COc1ccc2ncnc(Nc3cc(C#N)cc(C(F)(F)F)c3)c2c1. The van der Waals surface area contributed by atoms with Gasteiger partial charge in [-0.2, -0.15) is 18.4 Å². The minimum atomic E-state index is -4.56. The molecule has 1 aromatic heterocycles. The van der Waals surface area contributed by atoms with Crippen LogP contribution in [0.25, 0.3) is 10.9 Å². The Hall–Kier alpha value is -3.34. The van der Waals surface area contributed by atoms with Crippen LogP contribution in [0.5, 0.6) is 5.75 Å². The zero-order valence-corrected chi connectivity index (χ0v) is 12.9. The molecule has 126 valence electrons. The fraction of sp³-hybridized carbons (Fsp3) is 0.118. The molecule has 1 heterocycles. The minimum absolute atomic E-state index is 0.103. The third-order valence-electron chi connectivity index (χ3n) is 3.49. The van der Waals surface area contributed by atoms with E-state index in [4.69, 9.17) is 10.00 Å². The van der Waals surface area contributed by atoms with Crippen molar-refractivity contribution in [1.82, 2.24) is 9.97 Å². The number of nitrogens with one attached hydrogen (secondary N) is 1. The summed E-state index contributed by atoms with van der Waals surface area (Å²) in [6, 6.07) is 9.89. The van der Waals surface area contributed by atoms with Gasteiger partial charge >= 0.3 is 6.18 Å². The maximum absolute atomic E-state index is 13.0. The molecule has 0 aliphatic carbocycles. The number of hydrogen-bond donors (Lipinski definition) is 1. The summed E-state index contributed by atoms with van der Waals surface area (Å²) < 4.78 is 44.1. The first-order valence-corrected chi connectivity index (χ1v) is 7.09. The van der Waals surface area contributed by atoms with Crippen molar-refractivity contribution in [3.8, 4) is 11.8 Å². The summed E-state index contributed by atoms with van der Waals surface area (Å²) >= 11 is 0. The Morgan fingerprint density at radius 1 is 1.12 bits per heavy atom. The molecule has 1 N–H and O–H groups in total. The van der Waals surface area contributed by atoms with Crippen molar-refractivity contribution in [1.29, 1.82) is 5.26 Å². The Labute approximate surface area is 140 Å². The van der Waals surface area contributed by atoms with Gasteiger partial charge in [-0.05, 0) is 36.4 Å². The predicted molar refractivity (Wildman–Crippen MR) is 85.5 cm³/mol. The summed E-state index contributed by atoms with van der Waals surface area (Å²) in [6.07, 6.45) is -3.25. The van der Waals surface area contributed by atoms with Crippen LogP contribution in [0.3, 0.4) is 0 Å². The fourth-order valence-corrected chi connectivity index (χ4v) is 2.33. The van der Waals surface area contributed by atoms with E-state index >= 15 is 0 Å². The zero-order valence-electron chi connectivity index (χ0n) is 12.9. The molecule has 0 fully saturated rings. The summed E-state index contributed by atoms with van der Waals surface area (Å²) in [4.78, 5) is 8.19. The average Bonchev–Trinajstić information content (AvgIpc) is 2.60. The highest BCUT2D eigenvalue weighted by Gasteiger charge is 2.31. The van der Waals surface area contributed by atoms with Crippen LogP contribution in [0.2, 0.25) is 0 Å². The molecule has 8 heteroatoms. The van der Waals surface area contributed by atoms with E-state index < -0.39 is 11.7 Å². The maximum Gasteiger partial charge on any atom is 0.416 e. The Morgan fingerprint density at radius 2 is 1.92 bits per heavy atom. The van der Waals surface area contributed by atoms with Crippen molar-refractivity contribution in [3.63, 3.8) is 0 Å². The topological polar surface area (TPSA) is 70.8 Å². The van der Waals surface area contributed by atoms with E-state index in [0.29, 0.717) is 22.5 Å². The number of halogens is 3. The highest BCUT2D eigenvalue weighted by Crippen LogP contribution is 2.33. The van der Waals surface area contributed by atoms with E-state index in [2.05, 4.69) is 15.3 Å². The number of hydrogen-bond acceptors (Lipinski definition) is 5. The second-order valence-corrected chi connectivity index (χ2v) is 5.14. The molecule has 0 radical (unpaired) electrons. The van der Waals surface area contributed by atoms with E-state index in [0.717, 1.165) is 12.1 Å². The van der Waals surface area contributed by atoms with Crippen molar-refractivity contribution in [2.45, 2.75) is 6.18 Å². The Morgan fingerprint density at radius 3 is 2.60 bits per heavy atom. The van der Waals surface area contributed by atoms with Crippen LogP contribution >= 0.6 is 0 Å². The van der Waals surface area contributed by atoms with E-state index in [1.807, 2.05) is 0 Å². The Balaban J connectivity index is 2.08. The average molecular weight is 344 g/mol. The molecule has 0 spiro atoms. The smallest absolute Gasteiger partial charge is 0.416 e. The van der Waals surface area contributed by atoms with E-state index in [9.17, 15) is 13.2 Å². The summed E-state index contributed by atoms with van der Waals surface area (Å²) in [7, 11) is 1.50. The normalized spacial score (nSPS) is 11.2. The van der Waals surface area contributed by atoms with Gasteiger partial charge in [0.25, 0.3) is 0 Å². The van der Waals surface area contributed by atoms with Crippen LogP contribution in [0.15, 0.2) is 42.7 Å². The molecule has 0 unspecified atom stereocenters. The summed E-state index contributed by atoms with van der Waals surface area (Å²) in [5.74, 6) is 0.874. The second kappa shape index (κ2) is 6.28. The molecular weight excluding hydrogens is 333 g/mol. The first-order chi connectivity index (χ1) is 11.9. The molecular formula is C17H11F3N4O. The molecule has 3 aromatic rings. The van der Waals surface area contributed by atoms with Crippen molar-refractivity contribution >= 4 is 22.4 Å². The second-order valence-electron chi connectivity index (χ2n) is 5.14. The quantitative estimate of drug-likeness (QED) is 0.768. The standard InChI is InChI=1S/C17H11F3N4O/c1-25-13-2-3-15-14(7-13)16(23-9-22-15)24-12-5-10(8-21)4-11(6-12)17(18,19)20/h2-7,9H,1H3,(H,22,23,24). The van der Waals surface area contributed by atoms with Crippen molar-refractivity contribution in [2.75, 3.05) is 12.4 Å². The molecule has 3 rings (SSSR count). The van der Waals surface area contributed by atoms with Crippen molar-refractivity contribution in [2.24, 2.45) is 0 Å². The zero-order chi connectivity index (χ0) is 18.0. The molecule has 5 nitrogen and oxygen atoms in total. The molecule has 0 atom stereocenters. The van der Waals surface area contributed by atoms with Gasteiger partial charge in [-0.25, -0.2) is 9.97 Å². The first kappa shape index (κ1) is 16.5. The Bertz CT molecular complexity index is 980. The van der Waals surface area contributed by atoms with Gasteiger partial charge < -0.3 is 10.1 Å². The number of anilines is 2. The van der Waals surface area contributed by atoms with Crippen molar-refractivity contribution in [3.05, 3.63) is 53.9 Å². The van der Waals surface area contributed by atoms with Crippen LogP contribution in [-0.4, -0.2) is 17.1 Å². The molecule has 0 saturated heterocycles. The molecule has 0 aliphatic heterocycles. The maximum atomic E-state index is 13.0. The van der Waals surface area contributed by atoms with Gasteiger partial charge in [0.05, 0.1) is 29.8 Å². The third-order valence-corrected chi connectivity index (χ3v) is 3.49. The lowest BCUT2D eigenvalue weighted by Crippen LogP contribution is -2.06. The lowest BCUT2D eigenvalue weighted by atomic mass is 10.1. The first-order valence-electron chi connectivity index (χ1n) is 7.09. The number of aromatic nitrogens is 2. The van der Waals surface area contributed by atoms with Gasteiger partial charge in [-0.3, -0.25) is 0 Å². The van der Waals surface area contributed by atoms with Crippen LogP contribution in [0.1, 0.15) is 11.1 Å². The number of nitriles is 1. The number of methoxy groups -OCH3 is 1. The summed E-state index contributed by atoms with van der Waals surface area (Å²) in [6.45, 7) is 0. The highest BCUT2D eigenvalue weighted by atomic mass is 19.4. The number of nitrogens with zero attached hydrogens (tertiary/aromatic N) is 3. The molecule has 0 bridgehead atoms. The third kappa shape index (κ3) is 3.45. The molecule has 0 aliphatic rings. The fourth-order valence-electron chi connectivity index (χ4n) is 2.33. The minimum Gasteiger partial charge on any atom is -0.497 e. The molecule has 0 saturated carbocycles. The Kier molecular flexibility index (Phi) is 4.15. The number of alkyl halides is 3. The lowest BCUT2D eigenvalue weighted by Gasteiger charge is -2.12.